The minimum atomic E-state index is -0.0824. The first-order chi connectivity index (χ1) is 9.40. The largest absolute Gasteiger partial charge is 0.389 e. The van der Waals surface area contributed by atoms with Crippen LogP contribution in [0.25, 0.3) is 0 Å². The van der Waals surface area contributed by atoms with Crippen molar-refractivity contribution in [3.8, 4) is 0 Å². The topological polar surface area (TPSA) is 64.3 Å². The number of nitrogens with one attached hydrogen (secondary N) is 1. The number of benzene rings is 1. The molecule has 4 nitrogen and oxygen atoms in total. The van der Waals surface area contributed by atoms with Gasteiger partial charge in [-0.15, -0.1) is 0 Å². The summed E-state index contributed by atoms with van der Waals surface area (Å²) in [5.74, 6) is 0.362. The molecule has 0 aromatic heterocycles. The third-order valence-corrected chi connectivity index (χ3v) is 3.32. The predicted molar refractivity (Wildman–Crippen MR) is 85.8 cm³/mol. The number of nitrogens with two attached hydrogens (primary N) is 1. The fourth-order valence-corrected chi connectivity index (χ4v) is 1.63. The van der Waals surface area contributed by atoms with E-state index in [9.17, 15) is 4.79 Å². The van der Waals surface area contributed by atoms with Gasteiger partial charge in [-0.2, -0.15) is 0 Å². The van der Waals surface area contributed by atoms with Gasteiger partial charge in [-0.1, -0.05) is 38.2 Å². The van der Waals surface area contributed by atoms with Gasteiger partial charge < -0.3 is 15.8 Å². The highest BCUT2D eigenvalue weighted by Crippen LogP contribution is 2.11. The highest BCUT2D eigenvalue weighted by atomic mass is 32.1. The summed E-state index contributed by atoms with van der Waals surface area (Å²) in [5, 5.41) is 2.81. The Labute approximate surface area is 125 Å². The van der Waals surface area contributed by atoms with E-state index in [-0.39, 0.29) is 12.0 Å². The molecule has 0 fully saturated rings. The molecule has 20 heavy (non-hydrogen) atoms. The van der Waals surface area contributed by atoms with Gasteiger partial charge >= 0.3 is 0 Å². The summed E-state index contributed by atoms with van der Waals surface area (Å²) >= 11 is 4.90. The summed E-state index contributed by atoms with van der Waals surface area (Å²) in [4.78, 5) is 12.1. The van der Waals surface area contributed by atoms with E-state index in [4.69, 9.17) is 22.7 Å². The molecule has 1 atom stereocenters. The summed E-state index contributed by atoms with van der Waals surface area (Å²) in [5.41, 5.74) is 6.98. The molecule has 0 saturated heterocycles. The zero-order chi connectivity index (χ0) is 15.1. The molecule has 3 N–H and O–H groups in total. The van der Waals surface area contributed by atoms with Gasteiger partial charge in [0.1, 0.15) is 4.99 Å². The molecule has 0 bridgehead atoms. The average Bonchev–Trinajstić information content (AvgIpc) is 2.38. The van der Waals surface area contributed by atoms with Gasteiger partial charge in [0.25, 0.3) is 0 Å². The van der Waals surface area contributed by atoms with Gasteiger partial charge in [0.2, 0.25) is 5.91 Å². The van der Waals surface area contributed by atoms with Gasteiger partial charge in [0.15, 0.2) is 0 Å². The standard InChI is InChI=1S/C15H22N2O2S/c1-10(2)11(3)19-8-7-14(18)17-13-6-4-5-12(9-13)15(16)20/h4-6,9-11H,7-8H2,1-3H3,(H2,16,20)(H,17,18). The quantitative estimate of drug-likeness (QED) is 0.759. The lowest BCUT2D eigenvalue weighted by molar-refractivity contribution is -0.117. The van der Waals surface area contributed by atoms with Crippen molar-refractivity contribution in [2.75, 3.05) is 11.9 Å². The van der Waals surface area contributed by atoms with Crippen LogP contribution in [0.1, 0.15) is 32.8 Å². The Bertz CT molecular complexity index is 475. The molecule has 1 amide bonds. The summed E-state index contributed by atoms with van der Waals surface area (Å²) in [7, 11) is 0. The second-order valence-corrected chi connectivity index (χ2v) is 5.50. The lowest BCUT2D eigenvalue weighted by Crippen LogP contribution is -2.20. The van der Waals surface area contributed by atoms with Crippen molar-refractivity contribution in [3.63, 3.8) is 0 Å². The number of hydrogen-bond acceptors (Lipinski definition) is 3. The number of amides is 1. The van der Waals surface area contributed by atoms with Crippen LogP contribution in [0.5, 0.6) is 0 Å². The van der Waals surface area contributed by atoms with Crippen LogP contribution in [0, 0.1) is 5.92 Å². The average molecular weight is 294 g/mol. The molecule has 1 rings (SSSR count). The number of rotatable bonds is 7. The first-order valence-corrected chi connectivity index (χ1v) is 7.12. The van der Waals surface area contributed by atoms with Crippen LogP contribution < -0.4 is 11.1 Å². The number of carbonyl (C=O) groups excluding carboxylic acids is 1. The third-order valence-electron chi connectivity index (χ3n) is 3.08. The summed E-state index contributed by atoms with van der Waals surface area (Å²) < 4.78 is 5.57. The number of thiocarbonyl (C=S) groups is 1. The smallest absolute Gasteiger partial charge is 0.226 e. The molecular weight excluding hydrogens is 272 g/mol. The van der Waals surface area contributed by atoms with Gasteiger partial charge in [0, 0.05) is 11.3 Å². The Morgan fingerprint density at radius 1 is 1.40 bits per heavy atom. The van der Waals surface area contributed by atoms with Crippen molar-refractivity contribution < 1.29 is 9.53 Å². The van der Waals surface area contributed by atoms with Crippen molar-refractivity contribution >= 4 is 28.8 Å². The van der Waals surface area contributed by atoms with Gasteiger partial charge in [0.05, 0.1) is 19.1 Å². The monoisotopic (exact) mass is 294 g/mol. The van der Waals surface area contributed by atoms with Gasteiger partial charge in [-0.25, -0.2) is 0 Å². The van der Waals surface area contributed by atoms with Crippen molar-refractivity contribution in [1.82, 2.24) is 0 Å². The first-order valence-electron chi connectivity index (χ1n) is 6.71. The van der Waals surface area contributed by atoms with E-state index >= 15 is 0 Å². The maximum Gasteiger partial charge on any atom is 0.226 e. The second-order valence-electron chi connectivity index (χ2n) is 5.06. The highest BCUT2D eigenvalue weighted by molar-refractivity contribution is 7.80. The molecule has 0 aliphatic rings. The molecule has 0 aliphatic carbocycles. The molecule has 110 valence electrons. The van der Waals surface area contributed by atoms with Crippen molar-refractivity contribution in [2.45, 2.75) is 33.3 Å². The van der Waals surface area contributed by atoms with E-state index < -0.39 is 0 Å². The van der Waals surface area contributed by atoms with Crippen LogP contribution in [0.15, 0.2) is 24.3 Å². The number of anilines is 1. The minimum Gasteiger partial charge on any atom is -0.389 e. The van der Waals surface area contributed by atoms with Crippen LogP contribution in [0.3, 0.4) is 0 Å². The molecule has 1 unspecified atom stereocenters. The summed E-state index contributed by atoms with van der Waals surface area (Å²) in [6.45, 7) is 6.60. The molecule has 0 aliphatic heterocycles. The lowest BCUT2D eigenvalue weighted by Gasteiger charge is -2.16. The Balaban J connectivity index is 2.43. The van der Waals surface area contributed by atoms with Crippen LogP contribution in [-0.2, 0) is 9.53 Å². The van der Waals surface area contributed by atoms with Crippen molar-refractivity contribution in [1.29, 1.82) is 0 Å². The normalized spacial score (nSPS) is 12.2. The second kappa shape index (κ2) is 7.97. The predicted octanol–water partition coefficient (Wildman–Crippen LogP) is 2.71. The Morgan fingerprint density at radius 2 is 2.10 bits per heavy atom. The Morgan fingerprint density at radius 3 is 2.70 bits per heavy atom. The zero-order valence-electron chi connectivity index (χ0n) is 12.2. The molecule has 0 heterocycles. The fourth-order valence-electron chi connectivity index (χ4n) is 1.50. The Kier molecular flexibility index (Phi) is 6.61. The van der Waals surface area contributed by atoms with Crippen LogP contribution in [0.4, 0.5) is 5.69 Å². The first kappa shape index (κ1) is 16.6. The van der Waals surface area contributed by atoms with E-state index in [1.54, 1.807) is 18.2 Å². The van der Waals surface area contributed by atoms with Gasteiger partial charge in [-0.05, 0) is 25.0 Å². The maximum absolute atomic E-state index is 11.8. The number of hydrogen-bond donors (Lipinski definition) is 2. The Hall–Kier alpha value is -1.46. The molecule has 0 saturated carbocycles. The SMILES string of the molecule is CC(C)C(C)OCCC(=O)Nc1cccc(C(N)=S)c1. The lowest BCUT2D eigenvalue weighted by atomic mass is 10.1. The molecule has 1 aromatic carbocycles. The van der Waals surface area contributed by atoms with E-state index in [1.165, 1.54) is 0 Å². The molecule has 1 aromatic rings. The third kappa shape index (κ3) is 5.67. The maximum atomic E-state index is 11.8. The van der Waals surface area contributed by atoms with Crippen LogP contribution in [0.2, 0.25) is 0 Å². The van der Waals surface area contributed by atoms with E-state index in [0.717, 1.165) is 5.56 Å². The van der Waals surface area contributed by atoms with E-state index in [2.05, 4.69) is 19.2 Å². The molecule has 0 radical (unpaired) electrons. The summed E-state index contributed by atoms with van der Waals surface area (Å²) in [6.07, 6.45) is 0.481. The minimum absolute atomic E-state index is 0.0824. The van der Waals surface area contributed by atoms with Crippen molar-refractivity contribution in [3.05, 3.63) is 29.8 Å². The van der Waals surface area contributed by atoms with Crippen LogP contribution >= 0.6 is 12.2 Å². The molecule has 5 heteroatoms. The van der Waals surface area contributed by atoms with E-state index in [0.29, 0.717) is 29.6 Å². The number of carbonyl (C=O) groups is 1. The zero-order valence-corrected chi connectivity index (χ0v) is 13.0. The highest BCUT2D eigenvalue weighted by Gasteiger charge is 2.09. The number of ether oxygens (including phenoxy) is 1. The van der Waals surface area contributed by atoms with Gasteiger partial charge in [-0.3, -0.25) is 4.79 Å². The van der Waals surface area contributed by atoms with E-state index in [1.807, 2.05) is 13.0 Å². The van der Waals surface area contributed by atoms with Crippen LogP contribution in [-0.4, -0.2) is 23.6 Å². The fraction of sp³-hybridized carbons (Fsp3) is 0.467. The molecular formula is C15H22N2O2S. The van der Waals surface area contributed by atoms with Crippen molar-refractivity contribution in [2.24, 2.45) is 11.7 Å². The molecule has 0 spiro atoms. The summed E-state index contributed by atoms with van der Waals surface area (Å²) in [6, 6.07) is 7.18.